The van der Waals surface area contributed by atoms with Gasteiger partial charge in [0.1, 0.15) is 0 Å². The van der Waals surface area contributed by atoms with Gasteiger partial charge in [0.25, 0.3) is 0 Å². The third kappa shape index (κ3) is 5.63. The number of imidazole rings is 1. The van der Waals surface area contributed by atoms with Gasteiger partial charge in [0.15, 0.2) is 5.16 Å². The molecule has 0 aliphatic rings. The molecule has 1 amide bonds. The number of hydrogen-bond acceptors (Lipinski definition) is 3. The van der Waals surface area contributed by atoms with Crippen molar-refractivity contribution in [1.29, 1.82) is 0 Å². The van der Waals surface area contributed by atoms with Gasteiger partial charge >= 0.3 is 0 Å². The van der Waals surface area contributed by atoms with E-state index in [9.17, 15) is 4.79 Å². The number of fused-ring (bicyclic) bond motifs is 1. The quantitative estimate of drug-likeness (QED) is 0.308. The fourth-order valence-corrected chi connectivity index (χ4v) is 4.35. The smallest absolute Gasteiger partial charge is 0.234 e. The maximum absolute atomic E-state index is 12.6. The number of hydrogen-bond donors (Lipinski definition) is 1. The van der Waals surface area contributed by atoms with Crippen molar-refractivity contribution in [2.45, 2.75) is 64.1 Å². The Kier molecular flexibility index (Phi) is 7.76. The highest BCUT2D eigenvalue weighted by molar-refractivity contribution is 7.99. The second-order valence-corrected chi connectivity index (χ2v) is 8.62. The number of anilines is 1. The van der Waals surface area contributed by atoms with E-state index in [0.717, 1.165) is 40.4 Å². The van der Waals surface area contributed by atoms with E-state index in [-0.39, 0.29) is 5.91 Å². The molecule has 0 saturated heterocycles. The summed E-state index contributed by atoms with van der Waals surface area (Å²) < 4.78 is 2.27. The minimum atomic E-state index is 0.00712. The molecule has 0 saturated carbocycles. The van der Waals surface area contributed by atoms with E-state index in [4.69, 9.17) is 4.98 Å². The van der Waals surface area contributed by atoms with E-state index >= 15 is 0 Å². The molecule has 0 unspecified atom stereocenters. The summed E-state index contributed by atoms with van der Waals surface area (Å²) in [5.74, 6) is 0.726. The summed E-state index contributed by atoms with van der Waals surface area (Å²) in [6.07, 6.45) is 4.84. The molecule has 0 aliphatic carbocycles. The number of nitrogens with one attached hydrogen (secondary N) is 1. The Bertz CT molecular complexity index is 948. The van der Waals surface area contributed by atoms with Gasteiger partial charge in [-0.3, -0.25) is 4.79 Å². The number of rotatable bonds is 10. The zero-order chi connectivity index (χ0) is 20.6. The van der Waals surface area contributed by atoms with Gasteiger partial charge in [-0.1, -0.05) is 82.1 Å². The largest absolute Gasteiger partial charge is 0.325 e. The maximum Gasteiger partial charge on any atom is 0.234 e. The molecule has 5 heteroatoms. The molecule has 3 rings (SSSR count). The molecule has 4 nitrogen and oxygen atoms in total. The lowest BCUT2D eigenvalue weighted by Gasteiger charge is -2.13. The predicted octanol–water partition coefficient (Wildman–Crippen LogP) is 6.47. The molecule has 2 aromatic carbocycles. The molecule has 29 heavy (non-hydrogen) atoms. The lowest BCUT2D eigenvalue weighted by molar-refractivity contribution is -0.113. The van der Waals surface area contributed by atoms with Gasteiger partial charge in [0.05, 0.1) is 16.8 Å². The van der Waals surface area contributed by atoms with Crippen LogP contribution in [0.4, 0.5) is 5.69 Å². The van der Waals surface area contributed by atoms with Gasteiger partial charge in [-0.05, 0) is 36.1 Å². The Morgan fingerprint density at radius 3 is 2.62 bits per heavy atom. The van der Waals surface area contributed by atoms with Crippen molar-refractivity contribution < 1.29 is 4.79 Å². The van der Waals surface area contributed by atoms with Crippen LogP contribution >= 0.6 is 11.8 Å². The summed E-state index contributed by atoms with van der Waals surface area (Å²) >= 11 is 1.52. The molecule has 0 bridgehead atoms. The molecule has 0 atom stereocenters. The Morgan fingerprint density at radius 1 is 1.07 bits per heavy atom. The van der Waals surface area contributed by atoms with Crippen LogP contribution in [-0.2, 0) is 11.3 Å². The standard InChI is InChI=1S/C24H31N3OS/c1-4-5-6-11-16-27-22-15-10-9-14-21(22)26-24(27)29-17-23(28)25-20-13-8-7-12-19(20)18(2)3/h7-10,12-15,18H,4-6,11,16-17H2,1-3H3,(H,25,28). The summed E-state index contributed by atoms with van der Waals surface area (Å²) in [4.78, 5) is 17.4. The highest BCUT2D eigenvalue weighted by atomic mass is 32.2. The molecule has 1 heterocycles. The molecule has 154 valence electrons. The average molecular weight is 410 g/mol. The first-order chi connectivity index (χ1) is 14.1. The first-order valence-corrected chi connectivity index (χ1v) is 11.6. The molecular formula is C24H31N3OS. The van der Waals surface area contributed by atoms with E-state index in [1.165, 1.54) is 31.0 Å². The number of benzene rings is 2. The van der Waals surface area contributed by atoms with E-state index in [1.54, 1.807) is 0 Å². The fourth-order valence-electron chi connectivity index (χ4n) is 3.51. The van der Waals surface area contributed by atoms with Crippen LogP contribution in [0, 0.1) is 0 Å². The number of aromatic nitrogens is 2. The number of unbranched alkanes of at least 4 members (excludes halogenated alkanes) is 3. The minimum Gasteiger partial charge on any atom is -0.325 e. The summed E-state index contributed by atoms with van der Waals surface area (Å²) in [6, 6.07) is 16.2. The number of carbonyl (C=O) groups is 1. The van der Waals surface area contributed by atoms with Crippen molar-refractivity contribution in [2.24, 2.45) is 0 Å². The number of nitrogens with zero attached hydrogens (tertiary/aromatic N) is 2. The first-order valence-electron chi connectivity index (χ1n) is 10.6. The van der Waals surface area contributed by atoms with Crippen LogP contribution in [0.25, 0.3) is 11.0 Å². The van der Waals surface area contributed by atoms with Gasteiger partial charge in [0.2, 0.25) is 5.91 Å². The predicted molar refractivity (Wildman–Crippen MR) is 124 cm³/mol. The van der Waals surface area contributed by atoms with Gasteiger partial charge in [-0.25, -0.2) is 4.98 Å². The highest BCUT2D eigenvalue weighted by Crippen LogP contribution is 2.27. The number of para-hydroxylation sites is 3. The molecule has 0 radical (unpaired) electrons. The van der Waals surface area contributed by atoms with Crippen LogP contribution in [0.1, 0.15) is 57.9 Å². The number of thioether (sulfide) groups is 1. The first kappa shape index (κ1) is 21.4. The molecular weight excluding hydrogens is 378 g/mol. The second kappa shape index (κ2) is 10.5. The van der Waals surface area contributed by atoms with Crippen LogP contribution in [0.15, 0.2) is 53.7 Å². The molecule has 1 aromatic heterocycles. The zero-order valence-corrected chi connectivity index (χ0v) is 18.5. The van der Waals surface area contributed by atoms with Crippen LogP contribution in [0.5, 0.6) is 0 Å². The van der Waals surface area contributed by atoms with Crippen molar-refractivity contribution in [3.05, 3.63) is 54.1 Å². The third-order valence-electron chi connectivity index (χ3n) is 5.04. The molecule has 0 spiro atoms. The molecule has 0 aliphatic heterocycles. The topological polar surface area (TPSA) is 46.9 Å². The Hall–Kier alpha value is -2.27. The Labute approximate surface area is 178 Å². The lowest BCUT2D eigenvalue weighted by atomic mass is 10.0. The highest BCUT2D eigenvalue weighted by Gasteiger charge is 2.14. The van der Waals surface area contributed by atoms with Crippen LogP contribution in [0.3, 0.4) is 0 Å². The van der Waals surface area contributed by atoms with Crippen molar-refractivity contribution in [1.82, 2.24) is 9.55 Å². The normalized spacial score (nSPS) is 11.3. The summed E-state index contributed by atoms with van der Waals surface area (Å²) in [6.45, 7) is 7.45. The number of amides is 1. The third-order valence-corrected chi connectivity index (χ3v) is 6.02. The maximum atomic E-state index is 12.6. The minimum absolute atomic E-state index is 0.00712. The Balaban J connectivity index is 1.69. The molecule has 3 aromatic rings. The zero-order valence-electron chi connectivity index (χ0n) is 17.6. The second-order valence-electron chi connectivity index (χ2n) is 7.67. The van der Waals surface area contributed by atoms with Gasteiger partial charge in [-0.2, -0.15) is 0 Å². The van der Waals surface area contributed by atoms with Crippen molar-refractivity contribution in [2.75, 3.05) is 11.1 Å². The number of aryl methyl sites for hydroxylation is 1. The van der Waals surface area contributed by atoms with E-state index in [2.05, 4.69) is 48.9 Å². The van der Waals surface area contributed by atoms with Crippen LogP contribution < -0.4 is 5.32 Å². The summed E-state index contributed by atoms with van der Waals surface area (Å²) in [7, 11) is 0. The SMILES string of the molecule is CCCCCCn1c(SCC(=O)Nc2ccccc2C(C)C)nc2ccccc21. The van der Waals surface area contributed by atoms with Gasteiger partial charge in [0, 0.05) is 12.2 Å². The monoisotopic (exact) mass is 409 g/mol. The lowest BCUT2D eigenvalue weighted by Crippen LogP contribution is -2.16. The Morgan fingerprint density at radius 2 is 1.83 bits per heavy atom. The summed E-state index contributed by atoms with van der Waals surface area (Å²) in [5.41, 5.74) is 4.21. The van der Waals surface area contributed by atoms with Crippen molar-refractivity contribution in [3.8, 4) is 0 Å². The van der Waals surface area contributed by atoms with E-state index in [0.29, 0.717) is 11.7 Å². The van der Waals surface area contributed by atoms with E-state index in [1.807, 2.05) is 30.3 Å². The van der Waals surface area contributed by atoms with Crippen LogP contribution in [-0.4, -0.2) is 21.2 Å². The van der Waals surface area contributed by atoms with Gasteiger partial charge in [-0.15, -0.1) is 0 Å². The van der Waals surface area contributed by atoms with Gasteiger partial charge < -0.3 is 9.88 Å². The number of carbonyl (C=O) groups excluding carboxylic acids is 1. The summed E-state index contributed by atoms with van der Waals surface area (Å²) in [5, 5.41) is 4.00. The van der Waals surface area contributed by atoms with Crippen molar-refractivity contribution >= 4 is 34.4 Å². The van der Waals surface area contributed by atoms with E-state index < -0.39 is 0 Å². The van der Waals surface area contributed by atoms with Crippen molar-refractivity contribution in [3.63, 3.8) is 0 Å². The molecule has 1 N–H and O–H groups in total. The van der Waals surface area contributed by atoms with Crippen LogP contribution in [0.2, 0.25) is 0 Å². The molecule has 0 fully saturated rings. The fraction of sp³-hybridized carbons (Fsp3) is 0.417. The average Bonchev–Trinajstić information content (AvgIpc) is 3.07.